The summed E-state index contributed by atoms with van der Waals surface area (Å²) in [6, 6.07) is 0. The molecule has 0 aliphatic heterocycles. The molecule has 0 spiro atoms. The highest BCUT2D eigenvalue weighted by molar-refractivity contribution is 5.26. The van der Waals surface area contributed by atoms with Crippen molar-refractivity contribution < 1.29 is 9.59 Å². The van der Waals surface area contributed by atoms with E-state index in [-0.39, 0.29) is 0 Å². The molecule has 0 radical (unpaired) electrons. The molecular formula is C21H38N2O2. The Morgan fingerprint density at radius 3 is 0.960 bits per heavy atom. The highest BCUT2D eigenvalue weighted by Crippen LogP contribution is 2.34. The second-order valence-corrected chi connectivity index (χ2v) is 7.57. The molecule has 4 nitrogen and oxygen atoms in total. The molecule has 3 saturated carbocycles. The molecule has 0 aromatic carbocycles. The van der Waals surface area contributed by atoms with Crippen LogP contribution in [0.25, 0.3) is 0 Å². The first kappa shape index (κ1) is 23.8. The molecule has 144 valence electrons. The summed E-state index contributed by atoms with van der Waals surface area (Å²) < 4.78 is 0. The molecule has 0 amide bonds. The van der Waals surface area contributed by atoms with Gasteiger partial charge in [-0.25, -0.2) is 20.4 Å². The maximum absolute atomic E-state index is 8.35. The first-order valence-corrected chi connectivity index (χ1v) is 10.4. The summed E-state index contributed by atoms with van der Waals surface area (Å²) in [4.78, 5) is 16.7. The van der Waals surface area contributed by atoms with E-state index in [4.69, 9.17) is 20.4 Å². The summed E-state index contributed by atoms with van der Waals surface area (Å²) in [6.45, 7) is 0. The average Bonchev–Trinajstić information content (AvgIpc) is 2.67. The first-order valence-electron chi connectivity index (χ1n) is 10.4. The second-order valence-electron chi connectivity index (χ2n) is 7.57. The maximum Gasteiger partial charge on any atom is 0.231 e. The molecule has 0 aromatic rings. The van der Waals surface area contributed by atoms with Crippen LogP contribution in [0.4, 0.5) is 0 Å². The third-order valence-corrected chi connectivity index (χ3v) is 5.62. The van der Waals surface area contributed by atoms with Crippen LogP contribution in [-0.4, -0.2) is 12.2 Å². The number of isocyanates is 2. The molecule has 3 aliphatic carbocycles. The number of carbonyl (C=O) groups excluding carboxylic acids is 2. The van der Waals surface area contributed by atoms with Crippen molar-refractivity contribution in [3.63, 3.8) is 0 Å². The Labute approximate surface area is 154 Å². The lowest BCUT2D eigenvalue weighted by atomic mass is 9.78. The van der Waals surface area contributed by atoms with Gasteiger partial charge in [-0.2, -0.15) is 0 Å². The maximum atomic E-state index is 8.35. The van der Waals surface area contributed by atoms with Crippen molar-refractivity contribution in [2.45, 2.75) is 109 Å². The molecule has 0 heterocycles. The summed E-state index contributed by atoms with van der Waals surface area (Å²) >= 11 is 0. The highest BCUT2D eigenvalue weighted by atomic mass is 16.1. The van der Waals surface area contributed by atoms with E-state index in [1.807, 2.05) is 0 Å². The van der Waals surface area contributed by atoms with Gasteiger partial charge in [0, 0.05) is 0 Å². The van der Waals surface area contributed by atoms with Crippen molar-refractivity contribution >= 4 is 12.2 Å². The molecule has 4 heteroatoms. The van der Waals surface area contributed by atoms with Crippen LogP contribution < -0.4 is 0 Å². The molecule has 25 heavy (non-hydrogen) atoms. The molecular weight excluding hydrogens is 312 g/mol. The van der Waals surface area contributed by atoms with Gasteiger partial charge in [0.1, 0.15) is 0 Å². The Balaban J connectivity index is 0.000000399. The summed E-state index contributed by atoms with van der Waals surface area (Å²) in [5.74, 6) is 2.24. The van der Waals surface area contributed by atoms with Gasteiger partial charge in [-0.3, -0.25) is 0 Å². The predicted octanol–water partition coefficient (Wildman–Crippen LogP) is 6.68. The van der Waals surface area contributed by atoms with Gasteiger partial charge in [0.25, 0.3) is 0 Å². The van der Waals surface area contributed by atoms with Gasteiger partial charge in [0.15, 0.2) is 0 Å². The van der Waals surface area contributed by atoms with Crippen LogP contribution in [0.2, 0.25) is 0 Å². The van der Waals surface area contributed by atoms with Gasteiger partial charge in [-0.15, -0.1) is 0 Å². The fourth-order valence-corrected chi connectivity index (χ4v) is 4.38. The lowest BCUT2D eigenvalue weighted by molar-refractivity contribution is 0.244. The Hall–Kier alpha value is -1.24. The van der Waals surface area contributed by atoms with Crippen LogP contribution in [0, 0.1) is 22.7 Å². The third-order valence-electron chi connectivity index (χ3n) is 5.62. The van der Waals surface area contributed by atoms with E-state index in [9.17, 15) is 0 Å². The first-order chi connectivity index (χ1) is 12.3. The molecule has 0 atom stereocenters. The molecule has 0 bridgehead atoms. The van der Waals surface area contributed by atoms with Gasteiger partial charge >= 0.3 is 0 Å². The normalized spacial score (nSPS) is 20.8. The zero-order valence-electron chi connectivity index (χ0n) is 16.0. The van der Waals surface area contributed by atoms with Gasteiger partial charge in [0.2, 0.25) is 12.2 Å². The van der Waals surface area contributed by atoms with E-state index in [0.717, 1.165) is 24.0 Å². The number of nitrogens with one attached hydrogen (secondary N) is 2. The zero-order valence-corrected chi connectivity index (χ0v) is 16.0. The van der Waals surface area contributed by atoms with E-state index in [1.165, 1.54) is 77.0 Å². The van der Waals surface area contributed by atoms with Crippen LogP contribution in [0.5, 0.6) is 0 Å². The van der Waals surface area contributed by atoms with Crippen LogP contribution in [0.1, 0.15) is 109 Å². The van der Waals surface area contributed by atoms with Crippen LogP contribution in [0.15, 0.2) is 0 Å². The van der Waals surface area contributed by atoms with Crippen LogP contribution in [0.3, 0.4) is 0 Å². The monoisotopic (exact) mass is 350 g/mol. The topological polar surface area (TPSA) is 81.8 Å². The lowest BCUT2D eigenvalue weighted by Crippen LogP contribution is -2.14. The van der Waals surface area contributed by atoms with Crippen molar-refractivity contribution in [3.05, 3.63) is 0 Å². The minimum absolute atomic E-state index is 0.750. The minimum atomic E-state index is 0.750. The van der Waals surface area contributed by atoms with Gasteiger partial charge < -0.3 is 0 Å². The Kier molecular flexibility index (Phi) is 18.1. The number of rotatable bonds is 2. The molecule has 0 aromatic heterocycles. The molecule has 0 saturated heterocycles. The smallest absolute Gasteiger partial charge is 0.222 e. The van der Waals surface area contributed by atoms with Crippen molar-refractivity contribution in [1.82, 2.24) is 0 Å². The molecule has 3 aliphatic rings. The fraction of sp³-hybridized carbons (Fsp3) is 0.905. The molecule has 0 unspecified atom stereocenters. The summed E-state index contributed by atoms with van der Waals surface area (Å²) in [5.41, 5.74) is 0. The number of hydrogen-bond donors (Lipinski definition) is 2. The SMILES string of the molecule is C1CCC(CC2CCCCC2)CC1.C1CCCCC1.N=C=O.N=C=O. The van der Waals surface area contributed by atoms with E-state index in [2.05, 4.69) is 0 Å². The average molecular weight is 351 g/mol. The lowest BCUT2D eigenvalue weighted by Gasteiger charge is -2.28. The van der Waals surface area contributed by atoms with Gasteiger partial charge in [-0.1, -0.05) is 103 Å². The minimum Gasteiger partial charge on any atom is -0.222 e. The molecule has 2 N–H and O–H groups in total. The second kappa shape index (κ2) is 19.1. The van der Waals surface area contributed by atoms with Crippen LogP contribution >= 0.6 is 0 Å². The Bertz CT molecular complexity index is 303. The quantitative estimate of drug-likeness (QED) is 0.430. The van der Waals surface area contributed by atoms with Crippen molar-refractivity contribution in [2.75, 3.05) is 0 Å². The zero-order chi connectivity index (χ0) is 18.6. The van der Waals surface area contributed by atoms with E-state index < -0.39 is 0 Å². The Morgan fingerprint density at radius 2 is 0.720 bits per heavy atom. The van der Waals surface area contributed by atoms with E-state index >= 15 is 0 Å². The van der Waals surface area contributed by atoms with E-state index in [0.29, 0.717) is 0 Å². The Morgan fingerprint density at radius 1 is 0.520 bits per heavy atom. The fourth-order valence-electron chi connectivity index (χ4n) is 4.38. The van der Waals surface area contributed by atoms with Crippen LogP contribution in [-0.2, 0) is 9.59 Å². The van der Waals surface area contributed by atoms with Crippen molar-refractivity contribution in [3.8, 4) is 0 Å². The van der Waals surface area contributed by atoms with Gasteiger partial charge in [-0.05, 0) is 18.3 Å². The number of hydrogen-bond acceptors (Lipinski definition) is 4. The standard InChI is InChI=1S/C13H24.C6H12.2CHNO/c1-3-7-12(8-4-1)11-13-9-5-2-6-10-13;1-2-4-6-5-3-1;2*2-1-3/h12-13H,1-11H2;1-6H2;2*2H. The summed E-state index contributed by atoms with van der Waals surface area (Å²) in [7, 11) is 0. The van der Waals surface area contributed by atoms with Crippen molar-refractivity contribution in [1.29, 1.82) is 10.8 Å². The summed E-state index contributed by atoms with van der Waals surface area (Å²) in [5, 5.41) is 10.8. The van der Waals surface area contributed by atoms with Crippen molar-refractivity contribution in [2.24, 2.45) is 11.8 Å². The molecule has 3 fully saturated rings. The largest absolute Gasteiger partial charge is 0.231 e. The highest BCUT2D eigenvalue weighted by Gasteiger charge is 2.20. The van der Waals surface area contributed by atoms with E-state index in [1.54, 1.807) is 32.1 Å². The summed E-state index contributed by atoms with van der Waals surface area (Å²) in [6.07, 6.45) is 27.4. The predicted molar refractivity (Wildman–Crippen MR) is 102 cm³/mol. The molecule has 3 rings (SSSR count). The third kappa shape index (κ3) is 16.0. The van der Waals surface area contributed by atoms with Gasteiger partial charge in [0.05, 0.1) is 0 Å².